The van der Waals surface area contributed by atoms with Gasteiger partial charge in [-0.3, -0.25) is 10.1 Å². The Balaban J connectivity index is 1.16. The Labute approximate surface area is 196 Å². The number of thiocarbonyl (C=S) groups is 1. The van der Waals surface area contributed by atoms with E-state index in [1.807, 2.05) is 24.3 Å². The molecule has 1 heterocycles. The molecule has 0 aromatic heterocycles. The van der Waals surface area contributed by atoms with E-state index >= 15 is 0 Å². The van der Waals surface area contributed by atoms with Crippen molar-refractivity contribution in [1.29, 1.82) is 0 Å². The van der Waals surface area contributed by atoms with Crippen LogP contribution in [0.4, 0.5) is 0 Å². The summed E-state index contributed by atoms with van der Waals surface area (Å²) >= 11 is 11.6. The van der Waals surface area contributed by atoms with Crippen LogP contribution in [0.25, 0.3) is 0 Å². The molecule has 7 heteroatoms. The second-order valence-corrected chi connectivity index (χ2v) is 10.2. The van der Waals surface area contributed by atoms with Gasteiger partial charge < -0.3 is 16.0 Å². The first-order chi connectivity index (χ1) is 15.1. The summed E-state index contributed by atoms with van der Waals surface area (Å²) in [5.74, 6) is 1.60. The van der Waals surface area contributed by atoms with E-state index < -0.39 is 0 Å². The van der Waals surface area contributed by atoms with Crippen LogP contribution in [-0.2, 0) is 11.2 Å². The van der Waals surface area contributed by atoms with Crippen LogP contribution < -0.4 is 21.3 Å². The standard InChI is InChI=1S/C24H35ClN4OS/c25-20-7-3-1-5-17(20)13-14-26-23(30)18-11-9-16(10-12-18)15-27-22-19-6-2-4-8-21(19)28-24(31)29-22/h1,3,5,7,16,18-19,21-22,27H,2,4,6,8-15H2,(H,26,30)(H2,28,29,31). The first-order valence-electron chi connectivity index (χ1n) is 11.9. The summed E-state index contributed by atoms with van der Waals surface area (Å²) in [5, 5.41) is 15.4. The van der Waals surface area contributed by atoms with Crippen molar-refractivity contribution in [2.45, 2.75) is 70.0 Å². The average molecular weight is 463 g/mol. The van der Waals surface area contributed by atoms with Crippen molar-refractivity contribution in [1.82, 2.24) is 21.3 Å². The Hall–Kier alpha value is -1.37. The summed E-state index contributed by atoms with van der Waals surface area (Å²) in [6, 6.07) is 8.35. The first-order valence-corrected chi connectivity index (χ1v) is 12.7. The van der Waals surface area contributed by atoms with Gasteiger partial charge in [0, 0.05) is 29.4 Å². The van der Waals surface area contributed by atoms with Crippen LogP contribution >= 0.6 is 23.8 Å². The Bertz CT molecular complexity index is 768. The predicted octanol–water partition coefficient (Wildman–Crippen LogP) is 3.76. The zero-order valence-electron chi connectivity index (χ0n) is 18.2. The zero-order chi connectivity index (χ0) is 21.6. The molecule has 0 bridgehead atoms. The van der Waals surface area contributed by atoms with Crippen molar-refractivity contribution in [2.24, 2.45) is 17.8 Å². The minimum absolute atomic E-state index is 0.148. The van der Waals surface area contributed by atoms with E-state index in [1.165, 1.54) is 25.7 Å². The van der Waals surface area contributed by atoms with Crippen LogP contribution in [0.2, 0.25) is 5.02 Å². The van der Waals surface area contributed by atoms with Gasteiger partial charge in [-0.25, -0.2) is 0 Å². The lowest BCUT2D eigenvalue weighted by atomic mass is 9.80. The molecule has 4 rings (SSSR count). The largest absolute Gasteiger partial charge is 0.360 e. The van der Waals surface area contributed by atoms with E-state index in [1.54, 1.807) is 0 Å². The highest BCUT2D eigenvalue weighted by atomic mass is 35.5. The van der Waals surface area contributed by atoms with Crippen LogP contribution in [0.3, 0.4) is 0 Å². The number of carbonyl (C=O) groups excluding carboxylic acids is 1. The van der Waals surface area contributed by atoms with Gasteiger partial charge in [0.15, 0.2) is 5.11 Å². The summed E-state index contributed by atoms with van der Waals surface area (Å²) < 4.78 is 0. The van der Waals surface area contributed by atoms with Crippen molar-refractivity contribution >= 4 is 34.8 Å². The lowest BCUT2D eigenvalue weighted by molar-refractivity contribution is -0.126. The summed E-state index contributed by atoms with van der Waals surface area (Å²) in [7, 11) is 0. The van der Waals surface area contributed by atoms with Crippen LogP contribution in [0.1, 0.15) is 56.9 Å². The normalized spacial score (nSPS) is 30.6. The van der Waals surface area contributed by atoms with E-state index in [4.69, 9.17) is 23.8 Å². The maximum atomic E-state index is 12.6. The van der Waals surface area contributed by atoms with Crippen LogP contribution in [0, 0.1) is 17.8 Å². The molecule has 5 nitrogen and oxygen atoms in total. The van der Waals surface area contributed by atoms with Crippen molar-refractivity contribution in [3.63, 3.8) is 0 Å². The molecule has 4 N–H and O–H groups in total. The fourth-order valence-electron chi connectivity index (χ4n) is 5.49. The smallest absolute Gasteiger partial charge is 0.223 e. The Morgan fingerprint density at radius 3 is 2.65 bits per heavy atom. The fraction of sp³-hybridized carbons (Fsp3) is 0.667. The Morgan fingerprint density at radius 1 is 1.06 bits per heavy atom. The second kappa shape index (κ2) is 11.0. The minimum atomic E-state index is 0.148. The van der Waals surface area contributed by atoms with Crippen molar-refractivity contribution in [3.05, 3.63) is 34.9 Å². The van der Waals surface area contributed by atoms with E-state index in [0.717, 1.165) is 54.3 Å². The monoisotopic (exact) mass is 462 g/mol. The molecule has 3 atom stereocenters. The second-order valence-electron chi connectivity index (χ2n) is 9.41. The first kappa shape index (κ1) is 22.8. The molecule has 1 aromatic carbocycles. The molecular weight excluding hydrogens is 428 g/mol. The van der Waals surface area contributed by atoms with E-state index in [9.17, 15) is 4.79 Å². The molecule has 31 heavy (non-hydrogen) atoms. The molecule has 170 valence electrons. The fourth-order valence-corrected chi connectivity index (χ4v) is 6.00. The Kier molecular flexibility index (Phi) is 8.07. The quantitative estimate of drug-likeness (QED) is 0.465. The molecule has 1 amide bonds. The van der Waals surface area contributed by atoms with Gasteiger partial charge in [0.1, 0.15) is 0 Å². The SMILES string of the molecule is O=C(NCCc1ccccc1Cl)C1CCC(CNC2NC(=S)NC3CCCCC32)CC1. The highest BCUT2D eigenvalue weighted by molar-refractivity contribution is 7.80. The molecular formula is C24H35ClN4OS. The highest BCUT2D eigenvalue weighted by Crippen LogP contribution is 2.31. The lowest BCUT2D eigenvalue weighted by Gasteiger charge is -2.44. The number of benzene rings is 1. The lowest BCUT2D eigenvalue weighted by Crippen LogP contribution is -2.65. The number of hydrogen-bond donors (Lipinski definition) is 4. The third-order valence-electron chi connectivity index (χ3n) is 7.35. The topological polar surface area (TPSA) is 65.2 Å². The third-order valence-corrected chi connectivity index (χ3v) is 7.95. The molecule has 3 unspecified atom stereocenters. The zero-order valence-corrected chi connectivity index (χ0v) is 19.7. The van der Waals surface area contributed by atoms with Crippen molar-refractivity contribution in [3.8, 4) is 0 Å². The van der Waals surface area contributed by atoms with E-state index in [-0.39, 0.29) is 18.0 Å². The molecule has 0 radical (unpaired) electrons. The number of halogens is 1. The predicted molar refractivity (Wildman–Crippen MR) is 130 cm³/mol. The van der Waals surface area contributed by atoms with Gasteiger partial charge in [0.25, 0.3) is 0 Å². The summed E-state index contributed by atoms with van der Waals surface area (Å²) in [6.07, 6.45) is 10.3. The molecule has 2 saturated carbocycles. The van der Waals surface area contributed by atoms with Gasteiger partial charge in [0.2, 0.25) is 5.91 Å². The van der Waals surface area contributed by atoms with Crippen molar-refractivity contribution < 1.29 is 4.79 Å². The van der Waals surface area contributed by atoms with E-state index in [0.29, 0.717) is 24.4 Å². The maximum Gasteiger partial charge on any atom is 0.223 e. The highest BCUT2D eigenvalue weighted by Gasteiger charge is 2.36. The van der Waals surface area contributed by atoms with Crippen LogP contribution in [0.5, 0.6) is 0 Å². The van der Waals surface area contributed by atoms with Crippen LogP contribution in [-0.4, -0.2) is 36.3 Å². The average Bonchev–Trinajstić information content (AvgIpc) is 2.79. The van der Waals surface area contributed by atoms with Crippen LogP contribution in [0.15, 0.2) is 24.3 Å². The summed E-state index contributed by atoms with van der Waals surface area (Å²) in [6.45, 7) is 1.65. The van der Waals surface area contributed by atoms with Gasteiger partial charge >= 0.3 is 0 Å². The van der Waals surface area contributed by atoms with Gasteiger partial charge in [-0.1, -0.05) is 42.6 Å². The minimum Gasteiger partial charge on any atom is -0.360 e. The maximum absolute atomic E-state index is 12.6. The number of carbonyl (C=O) groups is 1. The molecule has 1 saturated heterocycles. The molecule has 2 aliphatic carbocycles. The summed E-state index contributed by atoms with van der Waals surface area (Å²) in [4.78, 5) is 12.6. The van der Waals surface area contributed by atoms with Gasteiger partial charge in [-0.15, -0.1) is 0 Å². The Morgan fingerprint density at radius 2 is 1.84 bits per heavy atom. The van der Waals surface area contributed by atoms with Gasteiger partial charge in [-0.05, 0) is 81.3 Å². The summed E-state index contributed by atoms with van der Waals surface area (Å²) in [5.41, 5.74) is 1.09. The number of amides is 1. The molecule has 1 aliphatic heterocycles. The molecule has 1 aromatic rings. The van der Waals surface area contributed by atoms with Gasteiger partial charge in [0.05, 0.1) is 6.17 Å². The number of hydrogen-bond acceptors (Lipinski definition) is 3. The van der Waals surface area contributed by atoms with Gasteiger partial charge in [-0.2, -0.15) is 0 Å². The number of nitrogens with one attached hydrogen (secondary N) is 4. The van der Waals surface area contributed by atoms with Crippen molar-refractivity contribution in [2.75, 3.05) is 13.1 Å². The molecule has 0 spiro atoms. The number of rotatable bonds is 7. The number of fused-ring (bicyclic) bond motifs is 1. The van der Waals surface area contributed by atoms with E-state index in [2.05, 4.69) is 21.3 Å². The third kappa shape index (κ3) is 6.11. The molecule has 3 aliphatic rings. The molecule has 3 fully saturated rings.